The van der Waals surface area contributed by atoms with Crippen molar-refractivity contribution in [3.05, 3.63) is 29.8 Å². The van der Waals surface area contributed by atoms with Gasteiger partial charge in [-0.3, -0.25) is 0 Å². The molecule has 0 spiro atoms. The normalized spacial score (nSPS) is 24.7. The van der Waals surface area contributed by atoms with Gasteiger partial charge < -0.3 is 15.3 Å². The van der Waals surface area contributed by atoms with Crippen molar-refractivity contribution in [2.45, 2.75) is 45.3 Å². The molecule has 2 atom stereocenters. The molecule has 0 saturated carbocycles. The minimum Gasteiger partial charge on any atom is -0.388 e. The van der Waals surface area contributed by atoms with Gasteiger partial charge in [0.15, 0.2) is 0 Å². The van der Waals surface area contributed by atoms with Crippen molar-refractivity contribution < 1.29 is 5.11 Å². The third kappa shape index (κ3) is 3.71. The first kappa shape index (κ1) is 14.4. The topological polar surface area (TPSA) is 35.5 Å². The molecule has 2 unspecified atom stereocenters. The highest BCUT2D eigenvalue weighted by Crippen LogP contribution is 2.27. The Balaban J connectivity index is 1.99. The van der Waals surface area contributed by atoms with Crippen molar-refractivity contribution in [2.75, 3.05) is 24.5 Å². The van der Waals surface area contributed by atoms with Crippen molar-refractivity contribution >= 4 is 5.69 Å². The monoisotopic (exact) mass is 262 g/mol. The minimum atomic E-state index is -0.533. The van der Waals surface area contributed by atoms with Crippen LogP contribution in [0.5, 0.6) is 0 Å². The van der Waals surface area contributed by atoms with E-state index in [0.29, 0.717) is 6.04 Å². The lowest BCUT2D eigenvalue weighted by atomic mass is 10.1. The molecule has 106 valence electrons. The molecule has 1 aromatic carbocycles. The molecule has 0 bridgehead atoms. The summed E-state index contributed by atoms with van der Waals surface area (Å²) in [7, 11) is 0. The fourth-order valence-electron chi connectivity index (χ4n) is 2.62. The van der Waals surface area contributed by atoms with Gasteiger partial charge in [0.05, 0.1) is 5.60 Å². The van der Waals surface area contributed by atoms with E-state index in [-0.39, 0.29) is 0 Å². The quantitative estimate of drug-likeness (QED) is 0.856. The first-order valence-corrected chi connectivity index (χ1v) is 7.32. The second-order valence-corrected chi connectivity index (χ2v) is 5.94. The van der Waals surface area contributed by atoms with Gasteiger partial charge in [0, 0.05) is 24.8 Å². The van der Waals surface area contributed by atoms with E-state index in [9.17, 15) is 5.11 Å². The lowest BCUT2D eigenvalue weighted by Gasteiger charge is -2.22. The van der Waals surface area contributed by atoms with Crippen molar-refractivity contribution in [2.24, 2.45) is 0 Å². The zero-order valence-corrected chi connectivity index (χ0v) is 12.3. The van der Waals surface area contributed by atoms with Gasteiger partial charge in [-0.05, 0) is 50.9 Å². The SMILES string of the molecule is CCCNC(C)c1ccc(N2CCC(C)(O)C2)cc1. The third-order valence-corrected chi connectivity index (χ3v) is 3.91. The van der Waals surface area contributed by atoms with Crippen LogP contribution in [0.3, 0.4) is 0 Å². The predicted molar refractivity (Wildman–Crippen MR) is 80.6 cm³/mol. The number of nitrogens with one attached hydrogen (secondary N) is 1. The summed E-state index contributed by atoms with van der Waals surface area (Å²) in [5.41, 5.74) is 2.00. The first-order valence-electron chi connectivity index (χ1n) is 7.32. The maximum Gasteiger partial charge on any atom is 0.0810 e. The van der Waals surface area contributed by atoms with Crippen LogP contribution < -0.4 is 10.2 Å². The van der Waals surface area contributed by atoms with E-state index in [2.05, 4.69) is 48.3 Å². The average molecular weight is 262 g/mol. The van der Waals surface area contributed by atoms with E-state index in [1.54, 1.807) is 0 Å². The van der Waals surface area contributed by atoms with Crippen molar-refractivity contribution in [3.63, 3.8) is 0 Å². The second-order valence-electron chi connectivity index (χ2n) is 5.94. The summed E-state index contributed by atoms with van der Waals surface area (Å²) < 4.78 is 0. The molecule has 1 aromatic rings. The maximum absolute atomic E-state index is 10.0. The number of β-amino-alcohol motifs (C(OH)–C–C–N with tert-alkyl or cyclic N) is 1. The molecule has 3 nitrogen and oxygen atoms in total. The summed E-state index contributed by atoms with van der Waals surface area (Å²) >= 11 is 0. The van der Waals surface area contributed by atoms with Crippen LogP contribution in [-0.4, -0.2) is 30.3 Å². The fourth-order valence-corrected chi connectivity index (χ4v) is 2.62. The molecule has 1 heterocycles. The molecule has 2 N–H and O–H groups in total. The number of rotatable bonds is 5. The summed E-state index contributed by atoms with van der Waals surface area (Å²) in [6.45, 7) is 9.02. The Morgan fingerprint density at radius 2 is 2.05 bits per heavy atom. The van der Waals surface area contributed by atoms with Crippen LogP contribution in [0.4, 0.5) is 5.69 Å². The first-order chi connectivity index (χ1) is 9.02. The van der Waals surface area contributed by atoms with E-state index < -0.39 is 5.60 Å². The van der Waals surface area contributed by atoms with Crippen molar-refractivity contribution in [1.82, 2.24) is 5.32 Å². The molecule has 0 aromatic heterocycles. The fraction of sp³-hybridized carbons (Fsp3) is 0.625. The minimum absolute atomic E-state index is 0.399. The lowest BCUT2D eigenvalue weighted by molar-refractivity contribution is 0.0839. The molecular formula is C16H26N2O. The van der Waals surface area contributed by atoms with Gasteiger partial charge in [-0.25, -0.2) is 0 Å². The molecule has 1 aliphatic rings. The number of hydrogen-bond donors (Lipinski definition) is 2. The Labute approximate surface area is 116 Å². The van der Waals surface area contributed by atoms with Crippen LogP contribution in [0, 0.1) is 0 Å². The third-order valence-electron chi connectivity index (χ3n) is 3.91. The highest BCUT2D eigenvalue weighted by molar-refractivity contribution is 5.49. The summed E-state index contributed by atoms with van der Waals surface area (Å²) in [5.74, 6) is 0. The average Bonchev–Trinajstić information content (AvgIpc) is 2.76. The number of nitrogens with zero attached hydrogens (tertiary/aromatic N) is 1. The molecule has 1 saturated heterocycles. The predicted octanol–water partition coefficient (Wildman–Crippen LogP) is 2.71. The molecule has 19 heavy (non-hydrogen) atoms. The molecule has 3 heteroatoms. The molecular weight excluding hydrogens is 236 g/mol. The van der Waals surface area contributed by atoms with Crippen LogP contribution in [-0.2, 0) is 0 Å². The molecule has 1 fully saturated rings. The van der Waals surface area contributed by atoms with Gasteiger partial charge in [0.2, 0.25) is 0 Å². The van der Waals surface area contributed by atoms with Gasteiger partial charge in [0.25, 0.3) is 0 Å². The van der Waals surface area contributed by atoms with Crippen molar-refractivity contribution in [1.29, 1.82) is 0 Å². The Kier molecular flexibility index (Phi) is 4.48. The Morgan fingerprint density at radius 3 is 2.58 bits per heavy atom. The van der Waals surface area contributed by atoms with E-state index >= 15 is 0 Å². The second kappa shape index (κ2) is 5.93. The molecule has 0 amide bonds. The Morgan fingerprint density at radius 1 is 1.37 bits per heavy atom. The Bertz CT molecular complexity index is 400. The van der Waals surface area contributed by atoms with Crippen molar-refractivity contribution in [3.8, 4) is 0 Å². The summed E-state index contributed by atoms with van der Waals surface area (Å²) in [5, 5.41) is 13.5. The number of benzene rings is 1. The molecule has 0 radical (unpaired) electrons. The van der Waals surface area contributed by atoms with Crippen LogP contribution in [0.25, 0.3) is 0 Å². The maximum atomic E-state index is 10.0. The summed E-state index contributed by atoms with van der Waals surface area (Å²) in [4.78, 5) is 2.26. The van der Waals surface area contributed by atoms with Gasteiger partial charge in [0.1, 0.15) is 0 Å². The largest absolute Gasteiger partial charge is 0.388 e. The van der Waals surface area contributed by atoms with Gasteiger partial charge in [-0.1, -0.05) is 19.1 Å². The molecule has 2 rings (SSSR count). The highest BCUT2D eigenvalue weighted by Gasteiger charge is 2.31. The van der Waals surface area contributed by atoms with Gasteiger partial charge in [-0.15, -0.1) is 0 Å². The van der Waals surface area contributed by atoms with Crippen LogP contribution in [0.15, 0.2) is 24.3 Å². The number of aliphatic hydroxyl groups is 1. The van der Waals surface area contributed by atoms with E-state index in [0.717, 1.165) is 32.5 Å². The standard InChI is InChI=1S/C16H26N2O/c1-4-10-17-13(2)14-5-7-15(8-6-14)18-11-9-16(3,19)12-18/h5-8,13,17,19H,4,9-12H2,1-3H3. The summed E-state index contributed by atoms with van der Waals surface area (Å²) in [6.07, 6.45) is 2.01. The lowest BCUT2D eigenvalue weighted by Crippen LogP contribution is -2.29. The molecule has 0 aliphatic carbocycles. The molecule has 1 aliphatic heterocycles. The smallest absolute Gasteiger partial charge is 0.0810 e. The summed E-state index contributed by atoms with van der Waals surface area (Å²) in [6, 6.07) is 9.11. The number of hydrogen-bond acceptors (Lipinski definition) is 3. The highest BCUT2D eigenvalue weighted by atomic mass is 16.3. The van der Waals surface area contributed by atoms with Gasteiger partial charge >= 0.3 is 0 Å². The number of anilines is 1. The van der Waals surface area contributed by atoms with Gasteiger partial charge in [-0.2, -0.15) is 0 Å². The van der Waals surface area contributed by atoms with E-state index in [1.807, 2.05) is 6.92 Å². The van der Waals surface area contributed by atoms with E-state index in [1.165, 1.54) is 11.3 Å². The van der Waals surface area contributed by atoms with Crippen LogP contribution in [0.1, 0.15) is 45.2 Å². The van der Waals surface area contributed by atoms with Crippen LogP contribution >= 0.6 is 0 Å². The zero-order valence-electron chi connectivity index (χ0n) is 12.3. The zero-order chi connectivity index (χ0) is 13.9. The van der Waals surface area contributed by atoms with Crippen LogP contribution in [0.2, 0.25) is 0 Å². The van der Waals surface area contributed by atoms with E-state index in [4.69, 9.17) is 0 Å². The Hall–Kier alpha value is -1.06.